The monoisotopic (exact) mass is 570 g/mol. The normalized spacial score (nSPS) is 12.0. The predicted molar refractivity (Wildman–Crippen MR) is 148 cm³/mol. The van der Waals surface area contributed by atoms with Gasteiger partial charge in [-0.3, -0.25) is 9.78 Å². The molecule has 0 saturated heterocycles. The Morgan fingerprint density at radius 2 is 1.41 bits per heavy atom. The van der Waals surface area contributed by atoms with Crippen molar-refractivity contribution in [2.24, 2.45) is 0 Å². The third-order valence-electron chi connectivity index (χ3n) is 6.29. The van der Waals surface area contributed by atoms with E-state index in [4.69, 9.17) is 9.47 Å². The number of rotatable bonds is 11. The van der Waals surface area contributed by atoms with Crippen LogP contribution in [0.25, 0.3) is 16.6 Å². The van der Waals surface area contributed by atoms with E-state index in [0.29, 0.717) is 11.3 Å². The molecule has 0 aliphatic heterocycles. The van der Waals surface area contributed by atoms with E-state index in [-0.39, 0.29) is 51.8 Å². The quantitative estimate of drug-likeness (QED) is 0.240. The predicted octanol–water partition coefficient (Wildman–Crippen LogP) is 4.62. The van der Waals surface area contributed by atoms with Gasteiger partial charge in [0.15, 0.2) is 31.2 Å². The fourth-order valence-electron chi connectivity index (χ4n) is 4.58. The van der Waals surface area contributed by atoms with Gasteiger partial charge in [0.1, 0.15) is 15.5 Å². The first-order valence-corrected chi connectivity index (χ1v) is 15.7. The highest BCUT2D eigenvalue weighted by Crippen LogP contribution is 2.38. The summed E-state index contributed by atoms with van der Waals surface area (Å²) in [5.41, 5.74) is 1.42. The summed E-state index contributed by atoms with van der Waals surface area (Å²) in [4.78, 5) is 17.3. The molecule has 0 aliphatic carbocycles. The molecule has 206 valence electrons. The van der Waals surface area contributed by atoms with Crippen molar-refractivity contribution in [2.75, 3.05) is 25.7 Å². The molecule has 0 aliphatic rings. The Labute approximate surface area is 228 Å². The van der Waals surface area contributed by atoms with Crippen molar-refractivity contribution in [3.63, 3.8) is 0 Å². The number of hydrogen-bond acceptors (Lipinski definition) is 8. The van der Waals surface area contributed by atoms with Crippen LogP contribution >= 0.6 is 0 Å². The highest BCUT2D eigenvalue weighted by Gasteiger charge is 2.37. The van der Waals surface area contributed by atoms with Crippen LogP contribution in [-0.2, 0) is 19.7 Å². The number of nitrogens with zero attached hydrogens (tertiary/aromatic N) is 2. The molecule has 0 atom stereocenters. The van der Waals surface area contributed by atoms with Gasteiger partial charge in [0.2, 0.25) is 5.78 Å². The largest absolute Gasteiger partial charge is 0.493 e. The number of methoxy groups -OCH3 is 2. The summed E-state index contributed by atoms with van der Waals surface area (Å²) in [5, 5.41) is 0. The van der Waals surface area contributed by atoms with Crippen molar-refractivity contribution < 1.29 is 31.1 Å². The number of ketones is 1. The summed E-state index contributed by atoms with van der Waals surface area (Å²) >= 11 is 0. The van der Waals surface area contributed by atoms with Gasteiger partial charge in [-0.05, 0) is 66.4 Å². The summed E-state index contributed by atoms with van der Waals surface area (Å²) in [7, 11) is -5.39. The van der Waals surface area contributed by atoms with Gasteiger partial charge in [-0.15, -0.1) is 0 Å². The third kappa shape index (κ3) is 5.28. The van der Waals surface area contributed by atoms with Gasteiger partial charge in [0, 0.05) is 24.2 Å². The number of carbonyl (C=O) groups excluding carboxylic acids is 1. The Morgan fingerprint density at radius 1 is 0.795 bits per heavy atom. The van der Waals surface area contributed by atoms with Crippen LogP contribution < -0.4 is 9.47 Å². The molecule has 0 fully saturated rings. The third-order valence-corrected chi connectivity index (χ3v) is 10.4. The maximum atomic E-state index is 14.1. The number of carbonyl (C=O) groups is 1. The molecule has 0 radical (unpaired) electrons. The fraction of sp³-hybridized carbons (Fsp3) is 0.286. The molecule has 3 aromatic heterocycles. The Bertz CT molecular complexity index is 1740. The second kappa shape index (κ2) is 11.2. The van der Waals surface area contributed by atoms with Crippen LogP contribution in [0, 0.1) is 0 Å². The van der Waals surface area contributed by atoms with Gasteiger partial charge in [-0.2, -0.15) is 0 Å². The van der Waals surface area contributed by atoms with E-state index in [9.17, 15) is 21.6 Å². The van der Waals surface area contributed by atoms with E-state index < -0.39 is 30.4 Å². The van der Waals surface area contributed by atoms with Crippen molar-refractivity contribution in [3.05, 3.63) is 72.3 Å². The number of pyridine rings is 2. The highest BCUT2D eigenvalue weighted by atomic mass is 32.2. The zero-order valence-corrected chi connectivity index (χ0v) is 23.8. The smallest absolute Gasteiger partial charge is 0.211 e. The minimum Gasteiger partial charge on any atom is -0.493 e. The highest BCUT2D eigenvalue weighted by molar-refractivity contribution is 7.94. The van der Waals surface area contributed by atoms with Gasteiger partial charge < -0.3 is 13.9 Å². The lowest BCUT2D eigenvalue weighted by molar-refractivity contribution is 0.103. The number of hydrogen-bond donors (Lipinski definition) is 0. The van der Waals surface area contributed by atoms with Crippen LogP contribution in [0.4, 0.5) is 0 Å². The molecule has 3 heterocycles. The van der Waals surface area contributed by atoms with Gasteiger partial charge in [0.05, 0.1) is 31.2 Å². The Morgan fingerprint density at radius 3 is 2.00 bits per heavy atom. The van der Waals surface area contributed by atoms with Crippen LogP contribution in [0.15, 0.2) is 70.8 Å². The average Bonchev–Trinajstić information content (AvgIpc) is 3.29. The van der Waals surface area contributed by atoms with E-state index in [1.807, 2.05) is 0 Å². The van der Waals surface area contributed by atoms with Crippen LogP contribution in [0.3, 0.4) is 0 Å². The van der Waals surface area contributed by atoms with Crippen LogP contribution in [0.2, 0.25) is 0 Å². The van der Waals surface area contributed by atoms with E-state index in [2.05, 4.69) is 4.98 Å². The number of benzene rings is 1. The number of aromatic nitrogens is 2. The topological polar surface area (TPSA) is 121 Å². The Kier molecular flexibility index (Phi) is 8.12. The minimum absolute atomic E-state index is 0.122. The lowest BCUT2D eigenvalue weighted by Gasteiger charge is -2.11. The number of sulfone groups is 2. The van der Waals surface area contributed by atoms with Crippen molar-refractivity contribution in [3.8, 4) is 22.6 Å². The Hall–Kier alpha value is -3.70. The van der Waals surface area contributed by atoms with Gasteiger partial charge in [-0.25, -0.2) is 16.8 Å². The first-order valence-electron chi connectivity index (χ1n) is 12.4. The van der Waals surface area contributed by atoms with Crippen LogP contribution in [0.1, 0.15) is 42.7 Å². The second-order valence-corrected chi connectivity index (χ2v) is 13.0. The maximum absolute atomic E-state index is 14.1. The molecular formula is C28H30N2O7S2. The summed E-state index contributed by atoms with van der Waals surface area (Å²) in [5.74, 6) is -0.579. The maximum Gasteiger partial charge on any atom is 0.211 e. The molecule has 0 bridgehead atoms. The van der Waals surface area contributed by atoms with E-state index in [1.54, 1.807) is 56.6 Å². The van der Waals surface area contributed by atoms with Gasteiger partial charge >= 0.3 is 0 Å². The SMILES string of the molecule is CCCS(=O)(=O)c1c(S(=O)(=O)CCC)c2cc(-c3ccncc3)ccn2c1C(=O)c1ccc(OC)c(OC)c1. The zero-order chi connectivity index (χ0) is 28.4. The van der Waals surface area contributed by atoms with E-state index in [0.717, 1.165) is 5.56 Å². The van der Waals surface area contributed by atoms with Crippen molar-refractivity contribution in [1.29, 1.82) is 0 Å². The first-order chi connectivity index (χ1) is 18.6. The molecule has 1 aromatic carbocycles. The second-order valence-electron chi connectivity index (χ2n) is 8.95. The molecule has 9 nitrogen and oxygen atoms in total. The van der Waals surface area contributed by atoms with Crippen LogP contribution in [0.5, 0.6) is 11.5 Å². The molecule has 39 heavy (non-hydrogen) atoms. The Balaban J connectivity index is 2.14. The average molecular weight is 571 g/mol. The van der Waals surface area contributed by atoms with Crippen LogP contribution in [-0.4, -0.2) is 57.7 Å². The summed E-state index contributed by atoms with van der Waals surface area (Å²) < 4.78 is 66.8. The molecular weight excluding hydrogens is 540 g/mol. The standard InChI is InChI=1S/C28H30N2O7S2/c1-5-15-38(32,33)27-22-17-20(19-9-12-29-13-10-19)11-14-30(22)25(28(27)39(34,35)16-6-2)26(31)21-7-8-23(36-3)24(18-21)37-4/h7-14,17-18H,5-6,15-16H2,1-4H3. The molecule has 0 N–H and O–H groups in total. The molecule has 4 aromatic rings. The molecule has 0 saturated carbocycles. The fourth-order valence-corrected chi connectivity index (χ4v) is 8.56. The number of fused-ring (bicyclic) bond motifs is 1. The van der Waals surface area contributed by atoms with E-state index in [1.165, 1.54) is 36.9 Å². The molecule has 11 heteroatoms. The minimum atomic E-state index is -4.18. The number of ether oxygens (including phenoxy) is 2. The molecule has 0 unspecified atom stereocenters. The van der Waals surface area contributed by atoms with Gasteiger partial charge in [-0.1, -0.05) is 13.8 Å². The summed E-state index contributed by atoms with van der Waals surface area (Å²) in [6, 6.07) is 11.3. The molecule has 0 spiro atoms. The van der Waals surface area contributed by atoms with Crippen molar-refractivity contribution in [1.82, 2.24) is 9.38 Å². The lowest BCUT2D eigenvalue weighted by atomic mass is 10.1. The first kappa shape index (κ1) is 28.3. The zero-order valence-electron chi connectivity index (χ0n) is 22.2. The van der Waals surface area contributed by atoms with E-state index >= 15 is 0 Å². The summed E-state index contributed by atoms with van der Waals surface area (Å²) in [6.45, 7) is 3.39. The molecule has 4 rings (SSSR count). The van der Waals surface area contributed by atoms with Gasteiger partial charge in [0.25, 0.3) is 0 Å². The van der Waals surface area contributed by atoms with Crippen molar-refractivity contribution >= 4 is 31.0 Å². The summed E-state index contributed by atoms with van der Waals surface area (Å²) in [6.07, 6.45) is 5.27. The lowest BCUT2D eigenvalue weighted by Crippen LogP contribution is -2.17. The van der Waals surface area contributed by atoms with Crippen molar-refractivity contribution in [2.45, 2.75) is 36.5 Å². The molecule has 0 amide bonds.